The van der Waals surface area contributed by atoms with Crippen molar-refractivity contribution in [2.45, 2.75) is 6.61 Å². The molecule has 0 unspecified atom stereocenters. The van der Waals surface area contributed by atoms with Crippen LogP contribution in [-0.4, -0.2) is 17.0 Å². The molecule has 166 valence electrons. The molecule has 4 aromatic rings. The first-order valence-electron chi connectivity index (χ1n) is 9.58. The summed E-state index contributed by atoms with van der Waals surface area (Å²) in [6.45, 7) is 0.258. The van der Waals surface area contributed by atoms with Crippen LogP contribution < -0.4 is 10.2 Å². The number of nitrogens with zero attached hydrogens (tertiary/aromatic N) is 2. The summed E-state index contributed by atoms with van der Waals surface area (Å²) in [5.41, 5.74) is 4.68. The Balaban J connectivity index is 1.39. The Bertz CT molecular complexity index is 1310. The highest BCUT2D eigenvalue weighted by Gasteiger charge is 2.12. The maximum atomic E-state index is 12.3. The van der Waals surface area contributed by atoms with Crippen molar-refractivity contribution in [2.24, 2.45) is 5.10 Å². The molecular formula is C23H15BrIN3O5. The Kier molecular flexibility index (Phi) is 7.04. The zero-order valence-corrected chi connectivity index (χ0v) is 20.6. The predicted octanol–water partition coefficient (Wildman–Crippen LogP) is 6.05. The van der Waals surface area contributed by atoms with Crippen molar-refractivity contribution in [1.82, 2.24) is 5.43 Å². The van der Waals surface area contributed by atoms with Gasteiger partial charge in [0.05, 0.1) is 19.2 Å². The number of hydrogen-bond acceptors (Lipinski definition) is 6. The van der Waals surface area contributed by atoms with Gasteiger partial charge in [0, 0.05) is 17.5 Å². The van der Waals surface area contributed by atoms with Crippen LogP contribution in [0, 0.1) is 13.7 Å². The molecule has 3 aromatic carbocycles. The number of non-ortho nitro benzene ring substituents is 1. The number of halogens is 2. The molecule has 4 rings (SSSR count). The maximum Gasteiger partial charge on any atom is 0.307 e. The van der Waals surface area contributed by atoms with Gasteiger partial charge in [-0.3, -0.25) is 14.9 Å². The highest BCUT2D eigenvalue weighted by molar-refractivity contribution is 14.1. The molecule has 0 saturated heterocycles. The predicted molar refractivity (Wildman–Crippen MR) is 136 cm³/mol. The SMILES string of the molecule is O=C(N/N=C/c1cc(Br)c(OCc2ccc([N+](=O)[O-])cc2)c(I)c1)c1cc2ccccc2o1. The van der Waals surface area contributed by atoms with Gasteiger partial charge in [-0.25, -0.2) is 5.43 Å². The molecule has 0 saturated carbocycles. The first-order chi connectivity index (χ1) is 15.9. The van der Waals surface area contributed by atoms with E-state index >= 15 is 0 Å². The van der Waals surface area contributed by atoms with Gasteiger partial charge in [-0.1, -0.05) is 18.2 Å². The van der Waals surface area contributed by atoms with Gasteiger partial charge in [-0.05, 0) is 86.0 Å². The number of furan rings is 1. The second kappa shape index (κ2) is 10.1. The average Bonchev–Trinajstić information content (AvgIpc) is 3.23. The van der Waals surface area contributed by atoms with Crippen molar-refractivity contribution < 1.29 is 18.9 Å². The lowest BCUT2D eigenvalue weighted by atomic mass is 10.2. The van der Waals surface area contributed by atoms with Crippen LogP contribution in [0.1, 0.15) is 21.7 Å². The monoisotopic (exact) mass is 619 g/mol. The molecule has 0 fully saturated rings. The fraction of sp³-hybridized carbons (Fsp3) is 0.0435. The molecular weight excluding hydrogens is 605 g/mol. The van der Waals surface area contributed by atoms with Crippen LogP contribution in [0.5, 0.6) is 5.75 Å². The quantitative estimate of drug-likeness (QED) is 0.117. The third-order valence-electron chi connectivity index (χ3n) is 4.58. The minimum atomic E-state index is -0.445. The lowest BCUT2D eigenvalue weighted by molar-refractivity contribution is -0.384. The molecule has 0 aliphatic heterocycles. The number of rotatable bonds is 7. The van der Waals surface area contributed by atoms with E-state index in [-0.39, 0.29) is 18.1 Å². The van der Waals surface area contributed by atoms with Crippen LogP contribution in [0.2, 0.25) is 0 Å². The van der Waals surface area contributed by atoms with E-state index in [9.17, 15) is 14.9 Å². The van der Waals surface area contributed by atoms with Crippen LogP contribution in [-0.2, 0) is 6.61 Å². The molecule has 0 atom stereocenters. The largest absolute Gasteiger partial charge is 0.487 e. The van der Waals surface area contributed by atoms with E-state index in [2.05, 4.69) is 49.0 Å². The Morgan fingerprint density at radius 3 is 2.64 bits per heavy atom. The van der Waals surface area contributed by atoms with Gasteiger partial charge < -0.3 is 9.15 Å². The number of benzene rings is 3. The number of nitrogens with one attached hydrogen (secondary N) is 1. The van der Waals surface area contributed by atoms with Crippen molar-refractivity contribution in [1.29, 1.82) is 0 Å². The minimum absolute atomic E-state index is 0.0329. The number of carbonyl (C=O) groups excluding carboxylic acids is 1. The number of ether oxygens (including phenoxy) is 1. The molecule has 0 radical (unpaired) electrons. The molecule has 1 amide bonds. The van der Waals surface area contributed by atoms with E-state index in [1.165, 1.54) is 18.3 Å². The molecule has 1 heterocycles. The smallest absolute Gasteiger partial charge is 0.307 e. The number of nitro groups is 1. The number of carbonyl (C=O) groups is 1. The second-order valence-corrected chi connectivity index (χ2v) is 8.89. The number of fused-ring (bicyclic) bond motifs is 1. The summed E-state index contributed by atoms with van der Waals surface area (Å²) in [5.74, 6) is 0.371. The van der Waals surface area contributed by atoms with Crippen molar-refractivity contribution in [2.75, 3.05) is 0 Å². The summed E-state index contributed by atoms with van der Waals surface area (Å²) < 4.78 is 12.9. The zero-order chi connectivity index (χ0) is 23.4. The third kappa shape index (κ3) is 5.57. The Labute approximate surface area is 210 Å². The second-order valence-electron chi connectivity index (χ2n) is 6.87. The van der Waals surface area contributed by atoms with Crippen LogP contribution in [0.4, 0.5) is 5.69 Å². The molecule has 0 spiro atoms. The van der Waals surface area contributed by atoms with Crippen molar-refractivity contribution >= 4 is 67.3 Å². The third-order valence-corrected chi connectivity index (χ3v) is 5.97. The molecule has 0 bridgehead atoms. The van der Waals surface area contributed by atoms with Crippen LogP contribution in [0.3, 0.4) is 0 Å². The van der Waals surface area contributed by atoms with Crippen molar-refractivity contribution in [3.05, 3.63) is 102 Å². The molecule has 0 aliphatic carbocycles. The topological polar surface area (TPSA) is 107 Å². The van der Waals surface area contributed by atoms with E-state index < -0.39 is 10.8 Å². The van der Waals surface area contributed by atoms with E-state index in [4.69, 9.17) is 9.15 Å². The van der Waals surface area contributed by atoms with Crippen molar-refractivity contribution in [3.63, 3.8) is 0 Å². The fourth-order valence-corrected chi connectivity index (χ4v) is 4.74. The zero-order valence-electron chi connectivity index (χ0n) is 16.8. The first-order valence-corrected chi connectivity index (χ1v) is 11.4. The summed E-state index contributed by atoms with van der Waals surface area (Å²) >= 11 is 5.64. The Hall–Kier alpha value is -3.25. The van der Waals surface area contributed by atoms with Crippen LogP contribution in [0.15, 0.2) is 80.7 Å². The van der Waals surface area contributed by atoms with Gasteiger partial charge in [0.15, 0.2) is 5.76 Å². The summed E-state index contributed by atoms with van der Waals surface area (Å²) in [6.07, 6.45) is 1.52. The lowest BCUT2D eigenvalue weighted by Crippen LogP contribution is -2.16. The molecule has 10 heteroatoms. The lowest BCUT2D eigenvalue weighted by Gasteiger charge is -2.11. The number of hydrazone groups is 1. The highest BCUT2D eigenvalue weighted by atomic mass is 127. The first kappa shape index (κ1) is 22.9. The fourth-order valence-electron chi connectivity index (χ4n) is 2.98. The van der Waals surface area contributed by atoms with Gasteiger partial charge >= 0.3 is 5.91 Å². The minimum Gasteiger partial charge on any atom is -0.487 e. The number of nitro benzene ring substituents is 1. The Morgan fingerprint density at radius 1 is 1.18 bits per heavy atom. The normalized spacial score (nSPS) is 11.1. The van der Waals surface area contributed by atoms with Gasteiger partial charge in [0.25, 0.3) is 5.69 Å². The van der Waals surface area contributed by atoms with Gasteiger partial charge in [-0.15, -0.1) is 0 Å². The molecule has 1 N–H and O–H groups in total. The summed E-state index contributed by atoms with van der Waals surface area (Å²) in [4.78, 5) is 22.6. The highest BCUT2D eigenvalue weighted by Crippen LogP contribution is 2.32. The number of para-hydroxylation sites is 1. The average molecular weight is 620 g/mol. The van der Waals surface area contributed by atoms with Crippen LogP contribution in [0.25, 0.3) is 11.0 Å². The van der Waals surface area contributed by atoms with Gasteiger partial charge in [-0.2, -0.15) is 5.10 Å². The molecule has 33 heavy (non-hydrogen) atoms. The Morgan fingerprint density at radius 2 is 1.94 bits per heavy atom. The standard InChI is InChI=1S/C23H15BrIN3O5/c24-18-9-15(12-26-27-23(29)21-11-16-3-1-2-4-20(16)33-21)10-19(25)22(18)32-13-14-5-7-17(8-6-14)28(30)31/h1-12H,13H2,(H,27,29)/b26-12+. The summed E-state index contributed by atoms with van der Waals surface area (Å²) in [5, 5.41) is 15.6. The molecule has 0 aliphatic rings. The molecule has 8 nitrogen and oxygen atoms in total. The number of amides is 1. The van der Waals surface area contributed by atoms with E-state index in [1.54, 1.807) is 24.3 Å². The van der Waals surface area contributed by atoms with E-state index in [0.29, 0.717) is 15.8 Å². The van der Waals surface area contributed by atoms with E-state index in [0.717, 1.165) is 20.1 Å². The van der Waals surface area contributed by atoms with Crippen molar-refractivity contribution in [3.8, 4) is 5.75 Å². The summed E-state index contributed by atoms with van der Waals surface area (Å²) in [7, 11) is 0. The van der Waals surface area contributed by atoms with E-state index in [1.807, 2.05) is 30.3 Å². The number of hydrogen-bond donors (Lipinski definition) is 1. The molecule has 1 aromatic heterocycles. The van der Waals surface area contributed by atoms with Gasteiger partial charge in [0.1, 0.15) is 17.9 Å². The van der Waals surface area contributed by atoms with Crippen LogP contribution >= 0.6 is 38.5 Å². The maximum absolute atomic E-state index is 12.3. The summed E-state index contributed by atoms with van der Waals surface area (Å²) in [6, 6.07) is 18.9. The van der Waals surface area contributed by atoms with Gasteiger partial charge in [0.2, 0.25) is 0 Å².